The zero-order valence-corrected chi connectivity index (χ0v) is 12.7. The summed E-state index contributed by atoms with van der Waals surface area (Å²) in [4.78, 5) is 19.0. The second-order valence-corrected chi connectivity index (χ2v) is 6.16. The number of hydrogen-bond donors (Lipinski definition) is 1. The molecule has 5 heteroatoms. The smallest absolute Gasteiger partial charge is 0.263 e. The molecule has 0 radical (unpaired) electrons. The molecule has 1 heterocycles. The number of aromatic nitrogens is 1. The first-order valence-electron chi connectivity index (χ1n) is 6.38. The molecule has 0 aliphatic heterocycles. The summed E-state index contributed by atoms with van der Waals surface area (Å²) in [6.07, 6.45) is 1.64. The Labute approximate surface area is 113 Å². The van der Waals surface area contributed by atoms with Crippen LogP contribution in [-0.2, 0) is 0 Å². The average Bonchev–Trinajstić information content (AvgIpc) is 2.69. The molecule has 0 unspecified atom stereocenters. The highest BCUT2D eigenvalue weighted by Gasteiger charge is 2.14. The summed E-state index contributed by atoms with van der Waals surface area (Å²) >= 11 is 1.43. The van der Waals surface area contributed by atoms with Crippen LogP contribution in [0.2, 0.25) is 0 Å². The molecule has 4 nitrogen and oxygen atoms in total. The molecule has 0 spiro atoms. The lowest BCUT2D eigenvalue weighted by molar-refractivity contribution is 0.0943. The Hall–Kier alpha value is -0.940. The van der Waals surface area contributed by atoms with Gasteiger partial charge in [-0.15, -0.1) is 11.3 Å². The Bertz CT molecular complexity index is 379. The van der Waals surface area contributed by atoms with Gasteiger partial charge in [-0.05, 0) is 34.6 Å². The summed E-state index contributed by atoms with van der Waals surface area (Å²) in [5, 5.41) is 3.86. The molecule has 0 bridgehead atoms. The lowest BCUT2D eigenvalue weighted by Gasteiger charge is -2.30. The van der Waals surface area contributed by atoms with Crippen molar-refractivity contribution in [1.29, 1.82) is 0 Å². The molecule has 0 fully saturated rings. The molecule has 0 aromatic carbocycles. The Balaban J connectivity index is 2.39. The van der Waals surface area contributed by atoms with Gasteiger partial charge in [0.1, 0.15) is 4.88 Å². The number of nitrogens with zero attached hydrogens (tertiary/aromatic N) is 2. The predicted molar refractivity (Wildman–Crippen MR) is 76.2 cm³/mol. The fourth-order valence-corrected chi connectivity index (χ4v) is 2.66. The molecule has 0 aliphatic rings. The third kappa shape index (κ3) is 4.38. The van der Waals surface area contributed by atoms with Gasteiger partial charge in [-0.2, -0.15) is 0 Å². The molecular formula is C13H23N3OS. The van der Waals surface area contributed by atoms with Gasteiger partial charge in [0.05, 0.1) is 11.2 Å². The Morgan fingerprint density at radius 2 is 2.00 bits per heavy atom. The SMILES string of the molecule is Cc1ncc(C(=O)NCCN(C(C)C)C(C)C)s1. The van der Waals surface area contributed by atoms with E-state index in [2.05, 4.69) is 42.9 Å². The van der Waals surface area contributed by atoms with E-state index >= 15 is 0 Å². The van der Waals surface area contributed by atoms with E-state index < -0.39 is 0 Å². The van der Waals surface area contributed by atoms with Crippen molar-refractivity contribution in [3.8, 4) is 0 Å². The zero-order chi connectivity index (χ0) is 13.7. The van der Waals surface area contributed by atoms with E-state index in [4.69, 9.17) is 0 Å². The third-order valence-electron chi connectivity index (χ3n) is 2.83. The highest BCUT2D eigenvalue weighted by Crippen LogP contribution is 2.11. The van der Waals surface area contributed by atoms with Crippen LogP contribution in [0, 0.1) is 6.92 Å². The van der Waals surface area contributed by atoms with Crippen LogP contribution < -0.4 is 5.32 Å². The van der Waals surface area contributed by atoms with Crippen molar-refractivity contribution in [2.75, 3.05) is 13.1 Å². The monoisotopic (exact) mass is 269 g/mol. The van der Waals surface area contributed by atoms with E-state index in [0.29, 0.717) is 23.5 Å². The van der Waals surface area contributed by atoms with Gasteiger partial charge in [-0.1, -0.05) is 0 Å². The summed E-state index contributed by atoms with van der Waals surface area (Å²) < 4.78 is 0. The lowest BCUT2D eigenvalue weighted by Crippen LogP contribution is -2.42. The maximum absolute atomic E-state index is 11.8. The van der Waals surface area contributed by atoms with Crippen LogP contribution in [0.4, 0.5) is 0 Å². The minimum Gasteiger partial charge on any atom is -0.350 e. The summed E-state index contributed by atoms with van der Waals surface area (Å²) in [6.45, 7) is 12.1. The van der Waals surface area contributed by atoms with Crippen molar-refractivity contribution in [1.82, 2.24) is 15.2 Å². The fraction of sp³-hybridized carbons (Fsp3) is 0.692. The molecule has 0 atom stereocenters. The molecule has 0 aliphatic carbocycles. The standard InChI is InChI=1S/C13H23N3OS/c1-9(2)16(10(3)4)7-6-14-13(17)12-8-15-11(5)18-12/h8-10H,6-7H2,1-5H3,(H,14,17). The average molecular weight is 269 g/mol. The molecule has 0 saturated carbocycles. The van der Waals surface area contributed by atoms with Crippen molar-refractivity contribution >= 4 is 17.2 Å². The third-order valence-corrected chi connectivity index (χ3v) is 3.74. The summed E-state index contributed by atoms with van der Waals surface area (Å²) in [7, 11) is 0. The quantitative estimate of drug-likeness (QED) is 0.862. The first-order chi connectivity index (χ1) is 8.41. The molecule has 1 rings (SSSR count). The highest BCUT2D eigenvalue weighted by atomic mass is 32.1. The van der Waals surface area contributed by atoms with Crippen LogP contribution in [0.1, 0.15) is 42.4 Å². The molecular weight excluding hydrogens is 246 g/mol. The van der Waals surface area contributed by atoms with Crippen molar-refractivity contribution < 1.29 is 4.79 Å². The van der Waals surface area contributed by atoms with Crippen LogP contribution in [0.15, 0.2) is 6.20 Å². The maximum Gasteiger partial charge on any atom is 0.263 e. The summed E-state index contributed by atoms with van der Waals surface area (Å²) in [6, 6.07) is 0.986. The molecule has 102 valence electrons. The Kier molecular flexibility index (Phi) is 5.75. The Morgan fingerprint density at radius 1 is 1.39 bits per heavy atom. The minimum atomic E-state index is -0.0203. The van der Waals surface area contributed by atoms with Crippen LogP contribution in [0.25, 0.3) is 0 Å². The maximum atomic E-state index is 11.8. The fourth-order valence-electron chi connectivity index (χ4n) is 1.96. The van der Waals surface area contributed by atoms with Crippen LogP contribution in [0.5, 0.6) is 0 Å². The number of thiazole rings is 1. The van der Waals surface area contributed by atoms with Gasteiger partial charge >= 0.3 is 0 Å². The zero-order valence-electron chi connectivity index (χ0n) is 11.9. The van der Waals surface area contributed by atoms with E-state index in [1.165, 1.54) is 11.3 Å². The molecule has 18 heavy (non-hydrogen) atoms. The summed E-state index contributed by atoms with van der Waals surface area (Å²) in [5.41, 5.74) is 0. The van der Waals surface area contributed by atoms with Gasteiger partial charge in [0.25, 0.3) is 5.91 Å². The number of aryl methyl sites for hydroxylation is 1. The topological polar surface area (TPSA) is 45.2 Å². The van der Waals surface area contributed by atoms with Crippen LogP contribution >= 0.6 is 11.3 Å². The number of carbonyl (C=O) groups excluding carboxylic acids is 1. The van der Waals surface area contributed by atoms with Gasteiger partial charge in [-0.25, -0.2) is 4.98 Å². The number of rotatable bonds is 6. The normalized spacial score (nSPS) is 11.6. The molecule has 1 N–H and O–H groups in total. The predicted octanol–water partition coefficient (Wildman–Crippen LogP) is 2.30. The Morgan fingerprint density at radius 3 is 2.44 bits per heavy atom. The van der Waals surface area contributed by atoms with Crippen molar-refractivity contribution in [3.05, 3.63) is 16.1 Å². The van der Waals surface area contributed by atoms with Crippen molar-refractivity contribution in [3.63, 3.8) is 0 Å². The van der Waals surface area contributed by atoms with Crippen LogP contribution in [0.3, 0.4) is 0 Å². The van der Waals surface area contributed by atoms with E-state index in [1.807, 2.05) is 6.92 Å². The van der Waals surface area contributed by atoms with Crippen molar-refractivity contribution in [2.24, 2.45) is 0 Å². The van der Waals surface area contributed by atoms with Crippen LogP contribution in [-0.4, -0.2) is 41.0 Å². The second-order valence-electron chi connectivity index (χ2n) is 4.92. The number of amides is 1. The largest absolute Gasteiger partial charge is 0.350 e. The number of carbonyl (C=O) groups is 1. The van der Waals surface area contributed by atoms with Gasteiger partial charge < -0.3 is 5.32 Å². The first kappa shape index (κ1) is 15.1. The van der Waals surface area contributed by atoms with Gasteiger partial charge in [-0.3, -0.25) is 9.69 Å². The second kappa shape index (κ2) is 6.85. The molecule has 1 aromatic rings. The van der Waals surface area contributed by atoms with E-state index in [-0.39, 0.29) is 5.91 Å². The minimum absolute atomic E-state index is 0.0203. The molecule has 1 aromatic heterocycles. The van der Waals surface area contributed by atoms with E-state index in [9.17, 15) is 4.79 Å². The van der Waals surface area contributed by atoms with Gasteiger partial charge in [0.2, 0.25) is 0 Å². The molecule has 0 saturated heterocycles. The number of nitrogens with one attached hydrogen (secondary N) is 1. The van der Waals surface area contributed by atoms with Crippen molar-refractivity contribution in [2.45, 2.75) is 46.7 Å². The number of hydrogen-bond acceptors (Lipinski definition) is 4. The highest BCUT2D eigenvalue weighted by molar-refractivity contribution is 7.13. The van der Waals surface area contributed by atoms with E-state index in [0.717, 1.165) is 11.6 Å². The van der Waals surface area contributed by atoms with Gasteiger partial charge in [0.15, 0.2) is 0 Å². The first-order valence-corrected chi connectivity index (χ1v) is 7.19. The van der Waals surface area contributed by atoms with E-state index in [1.54, 1.807) is 6.20 Å². The molecule has 1 amide bonds. The lowest BCUT2D eigenvalue weighted by atomic mass is 10.2. The summed E-state index contributed by atoms with van der Waals surface area (Å²) in [5.74, 6) is -0.0203. The van der Waals surface area contributed by atoms with Gasteiger partial charge in [0, 0.05) is 25.2 Å².